The van der Waals surface area contributed by atoms with E-state index in [1.54, 1.807) is 14.0 Å². The number of aromatic nitrogens is 2. The monoisotopic (exact) mass is 357 g/mol. The smallest absolute Gasteiger partial charge is 0.230 e. The van der Waals surface area contributed by atoms with Gasteiger partial charge in [-0.1, -0.05) is 6.07 Å². The van der Waals surface area contributed by atoms with Crippen LogP contribution in [0.3, 0.4) is 0 Å². The maximum Gasteiger partial charge on any atom is 0.230 e. The van der Waals surface area contributed by atoms with Gasteiger partial charge in [0.1, 0.15) is 11.8 Å². The zero-order chi connectivity index (χ0) is 18.7. The molecule has 3 rings (SSSR count). The first-order valence-electron chi connectivity index (χ1n) is 8.46. The van der Waals surface area contributed by atoms with Crippen molar-refractivity contribution in [3.05, 3.63) is 41.1 Å². The van der Waals surface area contributed by atoms with Gasteiger partial charge in [-0.3, -0.25) is 9.80 Å². The molecule has 0 saturated carbocycles. The summed E-state index contributed by atoms with van der Waals surface area (Å²) in [6, 6.07) is 7.73. The normalized spacial score (nSPS) is 20.5. The molecule has 0 aliphatic carbocycles. The van der Waals surface area contributed by atoms with E-state index in [4.69, 9.17) is 9.15 Å². The second kappa shape index (κ2) is 7.83. The highest BCUT2D eigenvalue weighted by atomic mass is 16.5. The summed E-state index contributed by atoms with van der Waals surface area (Å²) in [6.07, 6.45) is -0.460. The number of aliphatic hydroxyl groups excluding tert-OH is 1. The Morgan fingerprint density at radius 1 is 1.42 bits per heavy atom. The first kappa shape index (κ1) is 18.3. The molecule has 26 heavy (non-hydrogen) atoms. The van der Waals surface area contributed by atoms with Crippen LogP contribution in [0.4, 0.5) is 0 Å². The van der Waals surface area contributed by atoms with Crippen molar-refractivity contribution in [2.75, 3.05) is 27.2 Å². The number of aliphatic hydroxyl groups is 1. The highest BCUT2D eigenvalue weighted by molar-refractivity contribution is 5.45. The fourth-order valence-corrected chi connectivity index (χ4v) is 3.34. The zero-order valence-electron chi connectivity index (χ0n) is 15.2. The second-order valence-corrected chi connectivity index (χ2v) is 6.61. The van der Waals surface area contributed by atoms with Crippen LogP contribution < -0.4 is 4.74 Å². The summed E-state index contributed by atoms with van der Waals surface area (Å²) in [7, 11) is 3.50. The largest absolute Gasteiger partial charge is 0.495 e. The van der Waals surface area contributed by atoms with Crippen LogP contribution in [0.15, 0.2) is 22.6 Å². The summed E-state index contributed by atoms with van der Waals surface area (Å²) in [6.45, 7) is 4.22. The number of hydrogen-bond donors (Lipinski definition) is 1. The van der Waals surface area contributed by atoms with Gasteiger partial charge in [-0.2, -0.15) is 5.26 Å². The predicted molar refractivity (Wildman–Crippen MR) is 93.3 cm³/mol. The Bertz CT molecular complexity index is 800. The molecule has 1 aliphatic rings. The summed E-state index contributed by atoms with van der Waals surface area (Å²) in [4.78, 5) is 4.21. The first-order valence-corrected chi connectivity index (χ1v) is 8.46. The van der Waals surface area contributed by atoms with E-state index >= 15 is 0 Å². The third kappa shape index (κ3) is 4.02. The number of ether oxygens (including phenoxy) is 1. The number of likely N-dealkylation sites (tertiary alicyclic amines) is 1. The number of likely N-dealkylation sites (N-methyl/N-ethyl adjacent to an activating group) is 1. The second-order valence-electron chi connectivity index (χ2n) is 6.61. The number of methoxy groups -OCH3 is 1. The quantitative estimate of drug-likeness (QED) is 0.815. The topological polar surface area (TPSA) is 98.7 Å². The van der Waals surface area contributed by atoms with E-state index in [1.807, 2.05) is 30.1 Å². The van der Waals surface area contributed by atoms with Crippen LogP contribution in [0.1, 0.15) is 22.9 Å². The van der Waals surface area contributed by atoms with E-state index in [0.717, 1.165) is 12.1 Å². The van der Waals surface area contributed by atoms with Gasteiger partial charge in [0, 0.05) is 32.6 Å². The molecule has 0 spiro atoms. The highest BCUT2D eigenvalue weighted by Crippen LogP contribution is 2.23. The van der Waals surface area contributed by atoms with E-state index in [9.17, 15) is 10.4 Å². The number of β-amino-alcohol motifs (C(OH)–C–C–N with tert-alkyl or cyclic N) is 1. The van der Waals surface area contributed by atoms with Crippen molar-refractivity contribution in [1.82, 2.24) is 20.0 Å². The van der Waals surface area contributed by atoms with Gasteiger partial charge in [0.05, 0.1) is 25.3 Å². The third-order valence-electron chi connectivity index (χ3n) is 4.64. The molecule has 1 N–H and O–H groups in total. The lowest BCUT2D eigenvalue weighted by Crippen LogP contribution is -2.40. The minimum absolute atomic E-state index is 0.0177. The fraction of sp³-hybridized carbons (Fsp3) is 0.500. The molecule has 2 heterocycles. The number of nitriles is 1. The SMILES string of the molecule is COc1ccc(CN2C[C@@H](O)[C@H](N(C)Cc3nnc(C)o3)C2)cc1C#N. The maximum absolute atomic E-state index is 10.5. The molecule has 138 valence electrons. The molecular formula is C18H23N5O3. The molecule has 1 aromatic carbocycles. The van der Waals surface area contributed by atoms with Crippen molar-refractivity contribution in [3.63, 3.8) is 0 Å². The van der Waals surface area contributed by atoms with Gasteiger partial charge in [-0.05, 0) is 24.7 Å². The van der Waals surface area contributed by atoms with Gasteiger partial charge in [0.25, 0.3) is 0 Å². The zero-order valence-corrected chi connectivity index (χ0v) is 15.2. The lowest BCUT2D eigenvalue weighted by molar-refractivity contribution is 0.0899. The van der Waals surface area contributed by atoms with Crippen LogP contribution >= 0.6 is 0 Å². The van der Waals surface area contributed by atoms with E-state index < -0.39 is 6.10 Å². The highest BCUT2D eigenvalue weighted by Gasteiger charge is 2.34. The third-order valence-corrected chi connectivity index (χ3v) is 4.64. The summed E-state index contributed by atoms with van der Waals surface area (Å²) < 4.78 is 10.6. The Kier molecular flexibility index (Phi) is 5.52. The van der Waals surface area contributed by atoms with Crippen molar-refractivity contribution < 1.29 is 14.3 Å². The number of hydrogen-bond acceptors (Lipinski definition) is 8. The van der Waals surface area contributed by atoms with Gasteiger partial charge >= 0.3 is 0 Å². The van der Waals surface area contributed by atoms with Crippen molar-refractivity contribution in [3.8, 4) is 11.8 Å². The van der Waals surface area contributed by atoms with E-state index in [1.165, 1.54) is 0 Å². The molecule has 1 saturated heterocycles. The Balaban J connectivity index is 1.62. The molecule has 8 heteroatoms. The van der Waals surface area contributed by atoms with E-state index in [-0.39, 0.29) is 6.04 Å². The van der Waals surface area contributed by atoms with Crippen LogP contribution in [0.25, 0.3) is 0 Å². The lowest BCUT2D eigenvalue weighted by Gasteiger charge is -2.25. The average Bonchev–Trinajstić information content (AvgIpc) is 3.19. The Morgan fingerprint density at radius 2 is 2.23 bits per heavy atom. The van der Waals surface area contributed by atoms with Crippen LogP contribution in [0.2, 0.25) is 0 Å². The predicted octanol–water partition coefficient (Wildman–Crippen LogP) is 0.935. The maximum atomic E-state index is 10.5. The van der Waals surface area contributed by atoms with Crippen LogP contribution in [-0.2, 0) is 13.1 Å². The van der Waals surface area contributed by atoms with Gasteiger partial charge in [-0.25, -0.2) is 0 Å². The molecular weight excluding hydrogens is 334 g/mol. The van der Waals surface area contributed by atoms with Crippen molar-refractivity contribution in [2.24, 2.45) is 0 Å². The number of rotatable bonds is 6. The molecule has 1 aliphatic heterocycles. The average molecular weight is 357 g/mol. The molecule has 1 aromatic heterocycles. The molecule has 0 bridgehead atoms. The summed E-state index contributed by atoms with van der Waals surface area (Å²) in [5.41, 5.74) is 1.54. The molecule has 1 fully saturated rings. The minimum atomic E-state index is -0.460. The van der Waals surface area contributed by atoms with Gasteiger partial charge < -0.3 is 14.3 Å². The minimum Gasteiger partial charge on any atom is -0.495 e. The molecule has 0 radical (unpaired) electrons. The van der Waals surface area contributed by atoms with Gasteiger partial charge in [-0.15, -0.1) is 10.2 Å². The fourth-order valence-electron chi connectivity index (χ4n) is 3.34. The Morgan fingerprint density at radius 3 is 2.88 bits per heavy atom. The summed E-state index contributed by atoms with van der Waals surface area (Å²) in [5.74, 6) is 1.66. The van der Waals surface area contributed by atoms with E-state index in [0.29, 0.717) is 42.7 Å². The van der Waals surface area contributed by atoms with Crippen LogP contribution in [0, 0.1) is 18.3 Å². The van der Waals surface area contributed by atoms with E-state index in [2.05, 4.69) is 21.2 Å². The van der Waals surface area contributed by atoms with Crippen molar-refractivity contribution >= 4 is 0 Å². The summed E-state index contributed by atoms with van der Waals surface area (Å²) >= 11 is 0. The number of benzene rings is 1. The molecule has 0 unspecified atom stereocenters. The molecule has 2 atom stereocenters. The summed E-state index contributed by atoms with van der Waals surface area (Å²) in [5, 5.41) is 27.5. The molecule has 8 nitrogen and oxygen atoms in total. The Hall–Kier alpha value is -2.47. The van der Waals surface area contributed by atoms with Crippen LogP contribution in [-0.4, -0.2) is 64.5 Å². The van der Waals surface area contributed by atoms with Crippen molar-refractivity contribution in [1.29, 1.82) is 5.26 Å². The molecule has 0 amide bonds. The first-order chi connectivity index (χ1) is 12.5. The number of nitrogens with zero attached hydrogens (tertiary/aromatic N) is 5. The van der Waals surface area contributed by atoms with Gasteiger partial charge in [0.15, 0.2) is 0 Å². The standard InChI is InChI=1S/C18H23N5O3/c1-12-20-21-18(26-12)11-22(2)15-9-23(10-16(15)24)8-13-4-5-17(25-3)14(6-13)7-19/h4-6,15-16,24H,8-11H2,1-3H3/t15-,16-/m1/s1. The van der Waals surface area contributed by atoms with Gasteiger partial charge in [0.2, 0.25) is 11.8 Å². The Labute approximate surface area is 152 Å². The van der Waals surface area contributed by atoms with Crippen molar-refractivity contribution in [2.45, 2.75) is 32.2 Å². The van der Waals surface area contributed by atoms with Crippen LogP contribution in [0.5, 0.6) is 5.75 Å². The molecule has 2 aromatic rings. The number of aryl methyl sites for hydroxylation is 1. The lowest BCUT2D eigenvalue weighted by atomic mass is 10.1.